The average Bonchev–Trinajstić information content (AvgIpc) is 2.72. The normalized spacial score (nSPS) is 12.3. The monoisotopic (exact) mass is 373 g/mol. The molecule has 0 unspecified atom stereocenters. The summed E-state index contributed by atoms with van der Waals surface area (Å²) >= 11 is 0. The molecule has 0 atom stereocenters. The van der Waals surface area contributed by atoms with Crippen LogP contribution < -0.4 is 29.0 Å². The third-order valence-electron chi connectivity index (χ3n) is 4.25. The van der Waals surface area contributed by atoms with Gasteiger partial charge in [-0.2, -0.15) is 0 Å². The van der Waals surface area contributed by atoms with Gasteiger partial charge in [0.1, 0.15) is 13.2 Å². The number of carbonyl (C=O) groups is 1. The minimum Gasteiger partial charge on any atom is -0.493 e. The van der Waals surface area contributed by atoms with Gasteiger partial charge in [-0.25, -0.2) is 0 Å². The molecule has 3 rings (SSSR count). The number of methoxy groups -OCH3 is 3. The molecule has 27 heavy (non-hydrogen) atoms. The Hall–Kier alpha value is -3.09. The van der Waals surface area contributed by atoms with E-state index < -0.39 is 0 Å². The lowest BCUT2D eigenvalue weighted by Crippen LogP contribution is -2.26. The van der Waals surface area contributed by atoms with Gasteiger partial charge in [0, 0.05) is 6.54 Å². The van der Waals surface area contributed by atoms with Crippen LogP contribution in [0.25, 0.3) is 0 Å². The summed E-state index contributed by atoms with van der Waals surface area (Å²) < 4.78 is 27.0. The van der Waals surface area contributed by atoms with Crippen molar-refractivity contribution in [1.29, 1.82) is 0 Å². The Morgan fingerprint density at radius 1 is 0.963 bits per heavy atom. The van der Waals surface area contributed by atoms with E-state index in [1.807, 2.05) is 18.2 Å². The molecule has 144 valence electrons. The molecule has 0 saturated heterocycles. The standard InChI is InChI=1S/C20H23NO6/c1-23-16-7-5-14(18(24-2)19(16)25-3)20(22)21-9-8-13-4-6-15-17(12-13)27-11-10-26-15/h4-7,12H,8-11H2,1-3H3,(H,21,22). The molecule has 1 amide bonds. The molecule has 0 bridgehead atoms. The fourth-order valence-corrected chi connectivity index (χ4v) is 2.94. The quantitative estimate of drug-likeness (QED) is 0.804. The van der Waals surface area contributed by atoms with Gasteiger partial charge in [-0.1, -0.05) is 6.07 Å². The van der Waals surface area contributed by atoms with Crippen LogP contribution in [0, 0.1) is 0 Å². The van der Waals surface area contributed by atoms with Crippen LogP contribution in [-0.4, -0.2) is 47.0 Å². The third-order valence-corrected chi connectivity index (χ3v) is 4.25. The zero-order chi connectivity index (χ0) is 19.2. The lowest BCUT2D eigenvalue weighted by Gasteiger charge is -2.19. The summed E-state index contributed by atoms with van der Waals surface area (Å²) in [5.74, 6) is 2.48. The maximum absolute atomic E-state index is 12.6. The van der Waals surface area contributed by atoms with Crippen molar-refractivity contribution in [2.24, 2.45) is 0 Å². The van der Waals surface area contributed by atoms with E-state index in [0.717, 1.165) is 17.1 Å². The van der Waals surface area contributed by atoms with E-state index in [1.54, 1.807) is 12.1 Å². The van der Waals surface area contributed by atoms with Gasteiger partial charge in [-0.15, -0.1) is 0 Å². The smallest absolute Gasteiger partial charge is 0.255 e. The molecular weight excluding hydrogens is 350 g/mol. The van der Waals surface area contributed by atoms with Gasteiger partial charge < -0.3 is 29.0 Å². The van der Waals surface area contributed by atoms with E-state index in [1.165, 1.54) is 21.3 Å². The molecule has 0 fully saturated rings. The van der Waals surface area contributed by atoms with Crippen LogP contribution in [0.5, 0.6) is 28.7 Å². The first-order chi connectivity index (χ1) is 13.2. The Balaban J connectivity index is 1.66. The molecule has 7 heteroatoms. The van der Waals surface area contributed by atoms with E-state index in [4.69, 9.17) is 23.7 Å². The molecule has 2 aromatic carbocycles. The number of fused-ring (bicyclic) bond motifs is 1. The second-order valence-corrected chi connectivity index (χ2v) is 5.87. The molecule has 1 aliphatic heterocycles. The molecule has 0 aromatic heterocycles. The topological polar surface area (TPSA) is 75.3 Å². The molecule has 0 radical (unpaired) electrons. The number of amides is 1. The number of ether oxygens (including phenoxy) is 5. The molecule has 0 spiro atoms. The van der Waals surface area contributed by atoms with E-state index >= 15 is 0 Å². The van der Waals surface area contributed by atoms with E-state index in [0.29, 0.717) is 49.0 Å². The minimum absolute atomic E-state index is 0.245. The first-order valence-corrected chi connectivity index (χ1v) is 8.63. The number of rotatable bonds is 7. The highest BCUT2D eigenvalue weighted by Gasteiger charge is 2.20. The van der Waals surface area contributed by atoms with E-state index in [9.17, 15) is 4.79 Å². The highest BCUT2D eigenvalue weighted by Crippen LogP contribution is 2.39. The highest BCUT2D eigenvalue weighted by atomic mass is 16.6. The lowest BCUT2D eigenvalue weighted by molar-refractivity contribution is 0.0950. The molecule has 1 N–H and O–H groups in total. The molecule has 0 saturated carbocycles. The van der Waals surface area contributed by atoms with Gasteiger partial charge >= 0.3 is 0 Å². The molecule has 0 aliphatic carbocycles. The summed E-state index contributed by atoms with van der Waals surface area (Å²) in [6, 6.07) is 9.13. The molecule has 1 heterocycles. The summed E-state index contributed by atoms with van der Waals surface area (Å²) in [7, 11) is 4.53. The molecule has 1 aliphatic rings. The SMILES string of the molecule is COc1ccc(C(=O)NCCc2ccc3c(c2)OCCO3)c(OC)c1OC. The van der Waals surface area contributed by atoms with Gasteiger partial charge in [-0.3, -0.25) is 4.79 Å². The van der Waals surface area contributed by atoms with Crippen molar-refractivity contribution in [3.8, 4) is 28.7 Å². The van der Waals surface area contributed by atoms with E-state index in [2.05, 4.69) is 5.32 Å². The highest BCUT2D eigenvalue weighted by molar-refractivity contribution is 5.98. The van der Waals surface area contributed by atoms with Crippen molar-refractivity contribution in [1.82, 2.24) is 5.32 Å². The zero-order valence-corrected chi connectivity index (χ0v) is 15.7. The van der Waals surface area contributed by atoms with E-state index in [-0.39, 0.29) is 5.91 Å². The van der Waals surface area contributed by atoms with Crippen molar-refractivity contribution in [3.05, 3.63) is 41.5 Å². The Labute approximate surface area is 158 Å². The second kappa shape index (κ2) is 8.53. The largest absolute Gasteiger partial charge is 0.493 e. The summed E-state index contributed by atoms with van der Waals surface area (Å²) in [6.45, 7) is 1.58. The maximum atomic E-state index is 12.6. The van der Waals surface area contributed by atoms with Crippen LogP contribution in [0.4, 0.5) is 0 Å². The summed E-state index contributed by atoms with van der Waals surface area (Å²) in [5, 5.41) is 2.90. The van der Waals surface area contributed by atoms with Gasteiger partial charge in [0.25, 0.3) is 5.91 Å². The van der Waals surface area contributed by atoms with Crippen LogP contribution in [-0.2, 0) is 6.42 Å². The Morgan fingerprint density at radius 3 is 2.41 bits per heavy atom. The van der Waals surface area contributed by atoms with Gasteiger partial charge in [-0.05, 0) is 36.2 Å². The van der Waals surface area contributed by atoms with Gasteiger partial charge in [0.2, 0.25) is 5.75 Å². The molecule has 7 nitrogen and oxygen atoms in total. The van der Waals surface area contributed by atoms with Crippen molar-refractivity contribution < 1.29 is 28.5 Å². The summed E-state index contributed by atoms with van der Waals surface area (Å²) in [6.07, 6.45) is 0.665. The summed E-state index contributed by atoms with van der Waals surface area (Å²) in [5.41, 5.74) is 1.44. The lowest BCUT2D eigenvalue weighted by atomic mass is 10.1. The van der Waals surface area contributed by atoms with Crippen molar-refractivity contribution in [2.75, 3.05) is 41.1 Å². The van der Waals surface area contributed by atoms with Crippen LogP contribution in [0.1, 0.15) is 15.9 Å². The Kier molecular flexibility index (Phi) is 5.90. The molecular formula is C20H23NO6. The summed E-state index contributed by atoms with van der Waals surface area (Å²) in [4.78, 5) is 12.6. The van der Waals surface area contributed by atoms with Crippen LogP contribution >= 0.6 is 0 Å². The maximum Gasteiger partial charge on any atom is 0.255 e. The molecule has 2 aromatic rings. The number of benzene rings is 2. The second-order valence-electron chi connectivity index (χ2n) is 5.87. The minimum atomic E-state index is -0.245. The zero-order valence-electron chi connectivity index (χ0n) is 15.7. The van der Waals surface area contributed by atoms with Crippen molar-refractivity contribution in [3.63, 3.8) is 0 Å². The fourth-order valence-electron chi connectivity index (χ4n) is 2.94. The first-order valence-electron chi connectivity index (χ1n) is 8.63. The van der Waals surface area contributed by atoms with Crippen molar-refractivity contribution in [2.45, 2.75) is 6.42 Å². The third kappa shape index (κ3) is 4.02. The predicted molar refractivity (Wildman–Crippen MR) is 99.6 cm³/mol. The number of nitrogens with one attached hydrogen (secondary N) is 1. The Bertz CT molecular complexity index is 820. The average molecular weight is 373 g/mol. The number of hydrogen-bond acceptors (Lipinski definition) is 6. The fraction of sp³-hybridized carbons (Fsp3) is 0.350. The van der Waals surface area contributed by atoms with Crippen LogP contribution in [0.15, 0.2) is 30.3 Å². The van der Waals surface area contributed by atoms with Gasteiger partial charge in [0.05, 0.1) is 26.9 Å². The van der Waals surface area contributed by atoms with Crippen molar-refractivity contribution >= 4 is 5.91 Å². The van der Waals surface area contributed by atoms with Crippen LogP contribution in [0.2, 0.25) is 0 Å². The number of hydrogen-bond donors (Lipinski definition) is 1. The number of carbonyl (C=O) groups excluding carboxylic acids is 1. The first kappa shape index (κ1) is 18.7. The Morgan fingerprint density at radius 2 is 1.70 bits per heavy atom. The predicted octanol–water partition coefficient (Wildman–Crippen LogP) is 2.46. The van der Waals surface area contributed by atoms with Gasteiger partial charge in [0.15, 0.2) is 23.0 Å². The van der Waals surface area contributed by atoms with Crippen LogP contribution in [0.3, 0.4) is 0 Å².